The maximum Gasteiger partial charge on any atom is 0.0223 e. The Labute approximate surface area is 104 Å². The van der Waals surface area contributed by atoms with Crippen LogP contribution in [0.1, 0.15) is 32.1 Å². The Bertz CT molecular complexity index is 228. The van der Waals surface area contributed by atoms with Crippen molar-refractivity contribution in [2.75, 3.05) is 37.7 Å². The van der Waals surface area contributed by atoms with E-state index < -0.39 is 0 Å². The lowest BCUT2D eigenvalue weighted by Crippen LogP contribution is -2.44. The third kappa shape index (κ3) is 2.41. The third-order valence-electron chi connectivity index (χ3n) is 4.49. The van der Waals surface area contributed by atoms with Crippen molar-refractivity contribution in [3.63, 3.8) is 0 Å². The number of fused-ring (bicyclic) bond motifs is 1. The molecule has 2 atom stereocenters. The molecule has 0 bridgehead atoms. The molecule has 3 rings (SSSR count). The number of hydrogen-bond acceptors (Lipinski definition) is 3. The summed E-state index contributed by atoms with van der Waals surface area (Å²) >= 11 is 2.17. The van der Waals surface area contributed by atoms with Gasteiger partial charge in [0.25, 0.3) is 0 Å². The minimum Gasteiger partial charge on any atom is -0.299 e. The maximum absolute atomic E-state index is 2.82. The van der Waals surface area contributed by atoms with Crippen molar-refractivity contribution in [2.24, 2.45) is 0 Å². The largest absolute Gasteiger partial charge is 0.299 e. The summed E-state index contributed by atoms with van der Waals surface area (Å²) in [6, 6.07) is 1.80. The molecule has 0 spiro atoms. The first kappa shape index (κ1) is 11.4. The van der Waals surface area contributed by atoms with E-state index in [4.69, 9.17) is 0 Å². The van der Waals surface area contributed by atoms with Crippen LogP contribution in [0, 0.1) is 0 Å². The van der Waals surface area contributed by atoms with E-state index in [0.717, 1.165) is 12.1 Å². The SMILES string of the molecule is C1CSCC(N2CCCN3CCCC3C2)C1. The monoisotopic (exact) mass is 240 g/mol. The Balaban J connectivity index is 1.61. The lowest BCUT2D eigenvalue weighted by Gasteiger charge is -2.34. The van der Waals surface area contributed by atoms with Gasteiger partial charge in [0.1, 0.15) is 0 Å². The van der Waals surface area contributed by atoms with Crippen LogP contribution in [0.3, 0.4) is 0 Å². The van der Waals surface area contributed by atoms with Gasteiger partial charge < -0.3 is 0 Å². The van der Waals surface area contributed by atoms with E-state index in [0.29, 0.717) is 0 Å². The van der Waals surface area contributed by atoms with Gasteiger partial charge in [-0.1, -0.05) is 0 Å². The highest BCUT2D eigenvalue weighted by Crippen LogP contribution is 2.26. The van der Waals surface area contributed by atoms with Gasteiger partial charge in [-0.25, -0.2) is 0 Å². The molecule has 2 nitrogen and oxygen atoms in total. The second-order valence-corrected chi connectivity index (χ2v) is 6.70. The molecule has 3 aliphatic heterocycles. The highest BCUT2D eigenvalue weighted by atomic mass is 32.2. The fourth-order valence-corrected chi connectivity index (χ4v) is 4.77. The molecular weight excluding hydrogens is 216 g/mol. The van der Waals surface area contributed by atoms with E-state index in [-0.39, 0.29) is 0 Å². The molecule has 3 heterocycles. The minimum atomic E-state index is 0.898. The molecule has 92 valence electrons. The van der Waals surface area contributed by atoms with Crippen LogP contribution in [0.2, 0.25) is 0 Å². The number of nitrogens with zero attached hydrogens (tertiary/aromatic N) is 2. The summed E-state index contributed by atoms with van der Waals surface area (Å²) in [5.41, 5.74) is 0. The smallest absolute Gasteiger partial charge is 0.0223 e. The van der Waals surface area contributed by atoms with Crippen molar-refractivity contribution in [3.8, 4) is 0 Å². The van der Waals surface area contributed by atoms with Crippen molar-refractivity contribution in [2.45, 2.75) is 44.2 Å². The standard InChI is InChI=1S/C13H24N2S/c1-4-12-10-15(8-3-7-14(12)6-1)13-5-2-9-16-11-13/h12-13H,1-11H2. The molecule has 0 radical (unpaired) electrons. The van der Waals surface area contributed by atoms with Crippen LogP contribution in [-0.2, 0) is 0 Å². The predicted molar refractivity (Wildman–Crippen MR) is 71.1 cm³/mol. The van der Waals surface area contributed by atoms with Crippen LogP contribution in [-0.4, -0.2) is 59.6 Å². The van der Waals surface area contributed by atoms with Gasteiger partial charge >= 0.3 is 0 Å². The fraction of sp³-hybridized carbons (Fsp3) is 1.00. The van der Waals surface area contributed by atoms with Crippen molar-refractivity contribution in [1.29, 1.82) is 0 Å². The van der Waals surface area contributed by atoms with E-state index >= 15 is 0 Å². The molecule has 0 amide bonds. The van der Waals surface area contributed by atoms with Crippen LogP contribution >= 0.6 is 11.8 Å². The van der Waals surface area contributed by atoms with Gasteiger partial charge in [-0.05, 0) is 57.5 Å². The Hall–Kier alpha value is 0.270. The van der Waals surface area contributed by atoms with Crippen molar-refractivity contribution >= 4 is 11.8 Å². The van der Waals surface area contributed by atoms with E-state index in [1.807, 2.05) is 0 Å². The predicted octanol–water partition coefficient (Wildman–Crippen LogP) is 2.05. The maximum atomic E-state index is 2.82. The van der Waals surface area contributed by atoms with Gasteiger partial charge in [-0.2, -0.15) is 11.8 Å². The average molecular weight is 240 g/mol. The van der Waals surface area contributed by atoms with Crippen molar-refractivity contribution in [1.82, 2.24) is 9.80 Å². The summed E-state index contributed by atoms with van der Waals surface area (Å²) in [7, 11) is 0. The molecule has 3 fully saturated rings. The topological polar surface area (TPSA) is 6.48 Å². The first-order valence-electron chi connectivity index (χ1n) is 6.99. The zero-order valence-corrected chi connectivity index (χ0v) is 11.1. The van der Waals surface area contributed by atoms with Crippen LogP contribution in [0.5, 0.6) is 0 Å². The van der Waals surface area contributed by atoms with Gasteiger partial charge in [0.05, 0.1) is 0 Å². The molecular formula is C13H24N2S. The van der Waals surface area contributed by atoms with Crippen LogP contribution < -0.4 is 0 Å². The Morgan fingerprint density at radius 1 is 0.812 bits per heavy atom. The van der Waals surface area contributed by atoms with Gasteiger partial charge in [0.2, 0.25) is 0 Å². The summed E-state index contributed by atoms with van der Waals surface area (Å²) in [5.74, 6) is 2.80. The molecule has 0 N–H and O–H groups in total. The lowest BCUT2D eigenvalue weighted by atomic mass is 10.1. The molecule has 0 aromatic heterocycles. The van der Waals surface area contributed by atoms with Crippen molar-refractivity contribution < 1.29 is 0 Å². The zero-order chi connectivity index (χ0) is 10.8. The molecule has 2 unspecified atom stereocenters. The van der Waals surface area contributed by atoms with Gasteiger partial charge in [0.15, 0.2) is 0 Å². The molecule has 0 saturated carbocycles. The molecule has 0 aromatic rings. The van der Waals surface area contributed by atoms with Crippen molar-refractivity contribution in [3.05, 3.63) is 0 Å². The highest BCUT2D eigenvalue weighted by molar-refractivity contribution is 7.99. The summed E-state index contributed by atoms with van der Waals surface area (Å²) < 4.78 is 0. The van der Waals surface area contributed by atoms with Crippen LogP contribution in [0.15, 0.2) is 0 Å². The molecule has 16 heavy (non-hydrogen) atoms. The van der Waals surface area contributed by atoms with E-state index in [1.54, 1.807) is 0 Å². The second-order valence-electron chi connectivity index (χ2n) is 5.55. The van der Waals surface area contributed by atoms with Gasteiger partial charge in [-0.15, -0.1) is 0 Å². The molecule has 3 heteroatoms. The number of hydrogen-bond donors (Lipinski definition) is 0. The summed E-state index contributed by atoms with van der Waals surface area (Å²) in [6.45, 7) is 5.46. The Morgan fingerprint density at radius 2 is 1.62 bits per heavy atom. The first-order valence-corrected chi connectivity index (χ1v) is 8.15. The van der Waals surface area contributed by atoms with Crippen LogP contribution in [0.25, 0.3) is 0 Å². The minimum absolute atomic E-state index is 0.898. The normalized spacial score (nSPS) is 38.2. The lowest BCUT2D eigenvalue weighted by molar-refractivity contribution is 0.175. The zero-order valence-electron chi connectivity index (χ0n) is 10.2. The van der Waals surface area contributed by atoms with Gasteiger partial charge in [-0.3, -0.25) is 9.80 Å². The average Bonchev–Trinajstić information content (AvgIpc) is 2.68. The molecule has 3 saturated heterocycles. The summed E-state index contributed by atoms with van der Waals surface area (Å²) in [5, 5.41) is 0. The first-order chi connectivity index (χ1) is 7.93. The summed E-state index contributed by atoms with van der Waals surface area (Å²) in [6.07, 6.45) is 7.20. The number of rotatable bonds is 1. The molecule has 3 aliphatic rings. The molecule has 0 aliphatic carbocycles. The summed E-state index contributed by atoms with van der Waals surface area (Å²) in [4.78, 5) is 5.57. The van der Waals surface area contributed by atoms with Gasteiger partial charge in [0, 0.05) is 24.4 Å². The quantitative estimate of drug-likeness (QED) is 0.693. The highest BCUT2D eigenvalue weighted by Gasteiger charge is 2.31. The number of thioether (sulfide) groups is 1. The molecule has 0 aromatic carbocycles. The fourth-order valence-electron chi connectivity index (χ4n) is 3.58. The van der Waals surface area contributed by atoms with E-state index in [2.05, 4.69) is 21.6 Å². The Morgan fingerprint density at radius 3 is 2.50 bits per heavy atom. The van der Waals surface area contributed by atoms with E-state index in [9.17, 15) is 0 Å². The second kappa shape index (κ2) is 5.28. The van der Waals surface area contributed by atoms with E-state index in [1.165, 1.54) is 69.8 Å². The Kier molecular flexibility index (Phi) is 3.75. The third-order valence-corrected chi connectivity index (χ3v) is 5.69. The van der Waals surface area contributed by atoms with Crippen LogP contribution in [0.4, 0.5) is 0 Å².